The highest BCUT2D eigenvalue weighted by molar-refractivity contribution is 7.09. The Balaban J connectivity index is 1.41. The van der Waals surface area contributed by atoms with E-state index in [0.29, 0.717) is 6.54 Å². The topological polar surface area (TPSA) is 61.6 Å². The Hall–Kier alpha value is -2.94. The molecule has 1 saturated heterocycles. The van der Waals surface area contributed by atoms with Gasteiger partial charge in [-0.1, -0.05) is 6.07 Å². The number of aliphatic imine (C=N–C) groups is 1. The molecule has 3 heterocycles. The molecule has 164 valence electrons. The van der Waals surface area contributed by atoms with Crippen LogP contribution >= 0.6 is 11.3 Å². The minimum absolute atomic E-state index is 0.203. The SMILES string of the molecule is Cc1nnc(CN=C(NCCc2cccs2)N2CCN(c3ccc(F)cc3)CC2)n1C. The van der Waals surface area contributed by atoms with E-state index in [2.05, 4.69) is 42.8 Å². The standard InChI is InChI=1S/C22H28FN7S/c1-17-26-27-21(28(17)2)16-25-22(24-10-9-20-4-3-15-31-20)30-13-11-29(12-14-30)19-7-5-18(23)6-8-19/h3-8,15H,9-14,16H2,1-2H3,(H,24,25). The number of thiophene rings is 1. The average molecular weight is 442 g/mol. The molecule has 0 atom stereocenters. The summed E-state index contributed by atoms with van der Waals surface area (Å²) < 4.78 is 15.2. The van der Waals surface area contributed by atoms with E-state index in [4.69, 9.17) is 4.99 Å². The number of hydrogen-bond acceptors (Lipinski definition) is 5. The predicted molar refractivity (Wildman–Crippen MR) is 123 cm³/mol. The van der Waals surface area contributed by atoms with Gasteiger partial charge in [0, 0.05) is 50.3 Å². The fourth-order valence-electron chi connectivity index (χ4n) is 3.58. The summed E-state index contributed by atoms with van der Waals surface area (Å²) in [6.45, 7) is 6.67. The molecule has 0 bridgehead atoms. The second-order valence-electron chi connectivity index (χ2n) is 7.57. The van der Waals surface area contributed by atoms with Gasteiger partial charge in [0.2, 0.25) is 0 Å². The van der Waals surface area contributed by atoms with Crippen LogP contribution in [0.25, 0.3) is 0 Å². The first kappa shape index (κ1) is 21.3. The van der Waals surface area contributed by atoms with E-state index in [9.17, 15) is 4.39 Å². The van der Waals surface area contributed by atoms with Gasteiger partial charge >= 0.3 is 0 Å². The number of benzene rings is 1. The first-order valence-corrected chi connectivity index (χ1v) is 11.4. The Morgan fingerprint density at radius 3 is 2.55 bits per heavy atom. The van der Waals surface area contributed by atoms with Gasteiger partial charge in [0.1, 0.15) is 18.2 Å². The van der Waals surface area contributed by atoms with Crippen LogP contribution in [0.1, 0.15) is 16.5 Å². The molecule has 1 aliphatic rings. The number of nitrogens with one attached hydrogen (secondary N) is 1. The van der Waals surface area contributed by atoms with Crippen molar-refractivity contribution in [2.45, 2.75) is 19.9 Å². The monoisotopic (exact) mass is 441 g/mol. The molecule has 1 aliphatic heterocycles. The maximum atomic E-state index is 13.2. The van der Waals surface area contributed by atoms with Crippen molar-refractivity contribution in [3.8, 4) is 0 Å². The summed E-state index contributed by atoms with van der Waals surface area (Å²) in [5.74, 6) is 2.42. The summed E-state index contributed by atoms with van der Waals surface area (Å²) in [7, 11) is 1.96. The van der Waals surface area contributed by atoms with Gasteiger partial charge in [-0.05, 0) is 49.1 Å². The Kier molecular flexibility index (Phi) is 6.81. The molecular formula is C22H28FN7S. The third kappa shape index (κ3) is 5.41. The molecular weight excluding hydrogens is 413 g/mol. The van der Waals surface area contributed by atoms with Crippen molar-refractivity contribution in [2.75, 3.05) is 37.6 Å². The lowest BCUT2D eigenvalue weighted by Crippen LogP contribution is -2.52. The van der Waals surface area contributed by atoms with Crippen molar-refractivity contribution in [3.63, 3.8) is 0 Å². The first-order valence-electron chi connectivity index (χ1n) is 10.5. The average Bonchev–Trinajstić information content (AvgIpc) is 3.42. The van der Waals surface area contributed by atoms with E-state index in [1.807, 2.05) is 30.7 Å². The molecule has 0 saturated carbocycles. The number of hydrogen-bond donors (Lipinski definition) is 1. The molecule has 0 radical (unpaired) electrons. The van der Waals surface area contributed by atoms with Crippen LogP contribution in [0.5, 0.6) is 0 Å². The van der Waals surface area contributed by atoms with Crippen LogP contribution in [0, 0.1) is 12.7 Å². The molecule has 0 amide bonds. The largest absolute Gasteiger partial charge is 0.368 e. The molecule has 2 aromatic heterocycles. The molecule has 31 heavy (non-hydrogen) atoms. The number of anilines is 1. The molecule has 3 aromatic rings. The minimum atomic E-state index is -0.203. The first-order chi connectivity index (χ1) is 15.1. The van der Waals surface area contributed by atoms with Crippen LogP contribution in [0.2, 0.25) is 0 Å². The molecule has 1 fully saturated rings. The van der Waals surface area contributed by atoms with E-state index in [-0.39, 0.29) is 5.82 Å². The van der Waals surface area contributed by atoms with Crippen molar-refractivity contribution in [3.05, 3.63) is 64.1 Å². The number of halogens is 1. The molecule has 0 aliphatic carbocycles. The maximum absolute atomic E-state index is 13.2. The third-order valence-electron chi connectivity index (χ3n) is 5.56. The normalized spacial score (nSPS) is 14.9. The van der Waals surface area contributed by atoms with Gasteiger partial charge in [0.25, 0.3) is 0 Å². The zero-order valence-corrected chi connectivity index (χ0v) is 18.8. The second-order valence-corrected chi connectivity index (χ2v) is 8.60. The lowest BCUT2D eigenvalue weighted by Gasteiger charge is -2.37. The molecule has 0 spiro atoms. The second kappa shape index (κ2) is 9.91. The number of guanidine groups is 1. The molecule has 1 aromatic carbocycles. The zero-order valence-electron chi connectivity index (χ0n) is 18.0. The predicted octanol–water partition coefficient (Wildman–Crippen LogP) is 2.83. The van der Waals surface area contributed by atoms with Gasteiger partial charge in [-0.25, -0.2) is 9.38 Å². The fraction of sp³-hybridized carbons (Fsp3) is 0.409. The zero-order chi connectivity index (χ0) is 21.6. The highest BCUT2D eigenvalue weighted by atomic mass is 32.1. The highest BCUT2D eigenvalue weighted by Crippen LogP contribution is 2.17. The summed E-state index contributed by atoms with van der Waals surface area (Å²) in [5.41, 5.74) is 1.06. The maximum Gasteiger partial charge on any atom is 0.194 e. The molecule has 9 heteroatoms. The summed E-state index contributed by atoms with van der Waals surface area (Å²) in [4.78, 5) is 10.8. The number of nitrogens with zero attached hydrogens (tertiary/aromatic N) is 6. The quantitative estimate of drug-likeness (QED) is 0.471. The van der Waals surface area contributed by atoms with Crippen LogP contribution in [0.15, 0.2) is 46.8 Å². The van der Waals surface area contributed by atoms with E-state index in [0.717, 1.165) is 62.4 Å². The minimum Gasteiger partial charge on any atom is -0.368 e. The molecule has 0 unspecified atom stereocenters. The van der Waals surface area contributed by atoms with Gasteiger partial charge in [-0.15, -0.1) is 21.5 Å². The van der Waals surface area contributed by atoms with Crippen LogP contribution in [0.3, 0.4) is 0 Å². The van der Waals surface area contributed by atoms with Crippen LogP contribution < -0.4 is 10.2 Å². The third-order valence-corrected chi connectivity index (χ3v) is 6.49. The van der Waals surface area contributed by atoms with E-state index < -0.39 is 0 Å². The van der Waals surface area contributed by atoms with Crippen molar-refractivity contribution in [2.24, 2.45) is 12.0 Å². The van der Waals surface area contributed by atoms with Gasteiger partial charge in [-0.3, -0.25) is 0 Å². The van der Waals surface area contributed by atoms with Crippen molar-refractivity contribution >= 4 is 23.0 Å². The summed E-state index contributed by atoms with van der Waals surface area (Å²) in [6.07, 6.45) is 0.968. The highest BCUT2D eigenvalue weighted by Gasteiger charge is 2.20. The summed E-state index contributed by atoms with van der Waals surface area (Å²) >= 11 is 1.78. The number of aromatic nitrogens is 3. The summed E-state index contributed by atoms with van der Waals surface area (Å²) in [5, 5.41) is 14.0. The fourth-order valence-corrected chi connectivity index (χ4v) is 4.29. The Morgan fingerprint density at radius 1 is 1.13 bits per heavy atom. The Labute approximate surface area is 186 Å². The van der Waals surface area contributed by atoms with Gasteiger partial charge < -0.3 is 19.7 Å². The lowest BCUT2D eigenvalue weighted by molar-refractivity contribution is 0.371. The smallest absolute Gasteiger partial charge is 0.194 e. The van der Waals surface area contributed by atoms with Crippen LogP contribution in [-0.2, 0) is 20.0 Å². The summed E-state index contributed by atoms with van der Waals surface area (Å²) in [6, 6.07) is 11.0. The lowest BCUT2D eigenvalue weighted by atomic mass is 10.2. The molecule has 7 nitrogen and oxygen atoms in total. The van der Waals surface area contributed by atoms with Crippen molar-refractivity contribution < 1.29 is 4.39 Å². The molecule has 1 N–H and O–H groups in total. The van der Waals surface area contributed by atoms with Crippen LogP contribution in [0.4, 0.5) is 10.1 Å². The number of aryl methyl sites for hydroxylation is 1. The van der Waals surface area contributed by atoms with E-state index >= 15 is 0 Å². The van der Waals surface area contributed by atoms with Gasteiger partial charge in [-0.2, -0.15) is 0 Å². The van der Waals surface area contributed by atoms with Gasteiger partial charge in [0.05, 0.1) is 0 Å². The molecule has 4 rings (SSSR count). The Bertz CT molecular complexity index is 990. The Morgan fingerprint density at radius 2 is 1.90 bits per heavy atom. The van der Waals surface area contributed by atoms with Gasteiger partial charge in [0.15, 0.2) is 11.8 Å². The number of rotatable bonds is 6. The number of piperazine rings is 1. The van der Waals surface area contributed by atoms with Crippen LogP contribution in [-0.4, -0.2) is 58.3 Å². The van der Waals surface area contributed by atoms with Crippen molar-refractivity contribution in [1.82, 2.24) is 25.0 Å². The van der Waals surface area contributed by atoms with E-state index in [1.54, 1.807) is 11.3 Å². The van der Waals surface area contributed by atoms with E-state index in [1.165, 1.54) is 17.0 Å². The van der Waals surface area contributed by atoms with Crippen molar-refractivity contribution in [1.29, 1.82) is 0 Å².